The summed E-state index contributed by atoms with van der Waals surface area (Å²) in [5.74, 6) is 2.37. The van der Waals surface area contributed by atoms with E-state index in [-0.39, 0.29) is 5.82 Å². The molecule has 7 nitrogen and oxygen atoms in total. The molecule has 1 heterocycles. The zero-order valence-corrected chi connectivity index (χ0v) is 18.1. The van der Waals surface area contributed by atoms with Crippen LogP contribution in [0.4, 0.5) is 10.1 Å². The molecule has 0 saturated carbocycles. The summed E-state index contributed by atoms with van der Waals surface area (Å²) in [5, 5.41) is 4.56. The Kier molecular flexibility index (Phi) is 5.93. The van der Waals surface area contributed by atoms with Crippen molar-refractivity contribution in [2.24, 2.45) is 10.1 Å². The van der Waals surface area contributed by atoms with E-state index in [0.717, 1.165) is 5.56 Å². The normalized spacial score (nSPS) is 12.5. The molecule has 3 aromatic rings. The van der Waals surface area contributed by atoms with Crippen molar-refractivity contribution in [1.82, 2.24) is 5.43 Å². The van der Waals surface area contributed by atoms with Crippen molar-refractivity contribution in [2.45, 2.75) is 0 Å². The zero-order valence-electron chi connectivity index (χ0n) is 18.1. The second-order valence-corrected chi connectivity index (χ2v) is 6.83. The van der Waals surface area contributed by atoms with Gasteiger partial charge in [0.25, 0.3) is 0 Å². The lowest BCUT2D eigenvalue weighted by molar-refractivity contribution is 0.355. The lowest BCUT2D eigenvalue weighted by Crippen LogP contribution is -2.20. The van der Waals surface area contributed by atoms with E-state index in [4.69, 9.17) is 23.9 Å². The van der Waals surface area contributed by atoms with Crippen LogP contribution >= 0.6 is 0 Å². The number of hydrogen-bond donors (Lipinski definition) is 1. The van der Waals surface area contributed by atoms with E-state index < -0.39 is 0 Å². The molecule has 1 aliphatic rings. The molecule has 32 heavy (non-hydrogen) atoms. The average molecular weight is 435 g/mol. The van der Waals surface area contributed by atoms with Gasteiger partial charge >= 0.3 is 0 Å². The van der Waals surface area contributed by atoms with Crippen LogP contribution in [0.25, 0.3) is 0 Å². The van der Waals surface area contributed by atoms with Crippen LogP contribution in [-0.4, -0.2) is 40.0 Å². The van der Waals surface area contributed by atoms with Gasteiger partial charge in [-0.1, -0.05) is 0 Å². The third-order valence-electron chi connectivity index (χ3n) is 5.03. The minimum Gasteiger partial charge on any atom is -0.493 e. The number of amidine groups is 1. The van der Waals surface area contributed by atoms with E-state index in [9.17, 15) is 4.39 Å². The predicted octanol–water partition coefficient (Wildman–Crippen LogP) is 4.29. The maximum absolute atomic E-state index is 14.2. The van der Waals surface area contributed by atoms with Gasteiger partial charge in [0, 0.05) is 16.7 Å². The summed E-state index contributed by atoms with van der Waals surface area (Å²) in [6, 6.07) is 15.2. The predicted molar refractivity (Wildman–Crippen MR) is 120 cm³/mol. The van der Waals surface area contributed by atoms with Crippen molar-refractivity contribution in [3.63, 3.8) is 0 Å². The molecule has 0 aliphatic carbocycles. The molecule has 0 unspecified atom stereocenters. The average Bonchev–Trinajstić information content (AvgIpc) is 3.02. The maximum atomic E-state index is 14.2. The van der Waals surface area contributed by atoms with Crippen molar-refractivity contribution in [1.29, 1.82) is 0 Å². The molecule has 1 aliphatic heterocycles. The second-order valence-electron chi connectivity index (χ2n) is 6.83. The van der Waals surface area contributed by atoms with Gasteiger partial charge in [0.2, 0.25) is 0 Å². The van der Waals surface area contributed by atoms with Crippen LogP contribution in [0.3, 0.4) is 0 Å². The first-order chi connectivity index (χ1) is 15.6. The van der Waals surface area contributed by atoms with Crippen LogP contribution < -0.4 is 24.4 Å². The lowest BCUT2D eigenvalue weighted by Gasteiger charge is -2.12. The van der Waals surface area contributed by atoms with Gasteiger partial charge in [0.15, 0.2) is 28.8 Å². The van der Waals surface area contributed by atoms with Gasteiger partial charge < -0.3 is 18.9 Å². The monoisotopic (exact) mass is 435 g/mol. The van der Waals surface area contributed by atoms with Gasteiger partial charge in [-0.25, -0.2) is 9.38 Å². The maximum Gasteiger partial charge on any atom is 0.161 e. The van der Waals surface area contributed by atoms with Gasteiger partial charge in [0.1, 0.15) is 11.5 Å². The van der Waals surface area contributed by atoms with E-state index in [1.54, 1.807) is 58.8 Å². The van der Waals surface area contributed by atoms with Crippen LogP contribution in [0.2, 0.25) is 0 Å². The molecular formula is C24H22FN3O4. The Morgan fingerprint density at radius 2 is 1.28 bits per heavy atom. The fraction of sp³-hybridized carbons (Fsp3) is 0.167. The number of rotatable bonds is 6. The Morgan fingerprint density at radius 1 is 0.688 bits per heavy atom. The molecule has 3 aromatic carbocycles. The summed E-state index contributed by atoms with van der Waals surface area (Å²) < 4.78 is 35.6. The number of fused-ring (bicyclic) bond motifs is 1. The van der Waals surface area contributed by atoms with Gasteiger partial charge in [-0.15, -0.1) is 0 Å². The van der Waals surface area contributed by atoms with Crippen LogP contribution in [0.15, 0.2) is 64.7 Å². The van der Waals surface area contributed by atoms with Crippen LogP contribution in [-0.2, 0) is 0 Å². The molecule has 0 aromatic heterocycles. The van der Waals surface area contributed by atoms with E-state index in [1.807, 2.05) is 12.1 Å². The van der Waals surface area contributed by atoms with E-state index >= 15 is 0 Å². The first kappa shape index (κ1) is 21.2. The number of nitrogens with one attached hydrogen (secondary N) is 1. The van der Waals surface area contributed by atoms with Crippen molar-refractivity contribution in [3.05, 3.63) is 77.1 Å². The molecule has 1 N–H and O–H groups in total. The van der Waals surface area contributed by atoms with Crippen LogP contribution in [0.1, 0.15) is 16.7 Å². The Labute approximate surface area is 185 Å². The second kappa shape index (κ2) is 8.97. The fourth-order valence-corrected chi connectivity index (χ4v) is 3.43. The van der Waals surface area contributed by atoms with Crippen molar-refractivity contribution < 1.29 is 23.3 Å². The molecule has 0 amide bonds. The number of aliphatic imine (C=N–C) groups is 1. The van der Waals surface area contributed by atoms with Crippen LogP contribution in [0.5, 0.6) is 23.0 Å². The summed E-state index contributed by atoms with van der Waals surface area (Å²) in [7, 11) is 6.26. The number of ether oxygens (including phenoxy) is 4. The van der Waals surface area contributed by atoms with Gasteiger partial charge in [-0.2, -0.15) is 5.10 Å². The Balaban J connectivity index is 1.84. The van der Waals surface area contributed by atoms with Crippen molar-refractivity contribution in [3.8, 4) is 23.0 Å². The standard InChI is InChI=1S/C24H22FN3O4/c1-29-19-9-5-14(11-21(19)31-3)23-17-13-16(25)7-8-18(17)26-24(28-27-23)15-6-10-20(30-2)22(12-15)32-4/h5-13H,1-4H3,(H,26,28). The third-order valence-corrected chi connectivity index (χ3v) is 5.03. The van der Waals surface area contributed by atoms with Gasteiger partial charge in [-0.05, 0) is 54.6 Å². The van der Waals surface area contributed by atoms with Gasteiger partial charge in [0.05, 0.1) is 34.1 Å². The van der Waals surface area contributed by atoms with E-state index in [0.29, 0.717) is 51.4 Å². The highest BCUT2D eigenvalue weighted by Gasteiger charge is 2.20. The molecule has 8 heteroatoms. The number of nitrogens with zero attached hydrogens (tertiary/aromatic N) is 2. The Morgan fingerprint density at radius 3 is 1.91 bits per heavy atom. The topological polar surface area (TPSA) is 73.7 Å². The minimum atomic E-state index is -0.387. The smallest absolute Gasteiger partial charge is 0.161 e. The van der Waals surface area contributed by atoms with Crippen molar-refractivity contribution in [2.75, 3.05) is 28.4 Å². The SMILES string of the molecule is COc1ccc(C2=Nc3ccc(F)cc3C(c3ccc(OC)c(OC)c3)=NN2)cc1OC. The first-order valence-electron chi connectivity index (χ1n) is 9.75. The molecule has 0 atom stereocenters. The number of hydrazone groups is 1. The summed E-state index contributed by atoms with van der Waals surface area (Å²) in [5.41, 5.74) is 6.08. The molecular weight excluding hydrogens is 413 g/mol. The third kappa shape index (κ3) is 3.94. The fourth-order valence-electron chi connectivity index (χ4n) is 3.43. The van der Waals surface area contributed by atoms with Crippen LogP contribution in [0, 0.1) is 5.82 Å². The summed E-state index contributed by atoms with van der Waals surface area (Å²) in [6.07, 6.45) is 0. The first-order valence-corrected chi connectivity index (χ1v) is 9.75. The number of benzene rings is 3. The molecule has 0 radical (unpaired) electrons. The Hall–Kier alpha value is -4.07. The van der Waals surface area contributed by atoms with Gasteiger partial charge in [-0.3, -0.25) is 5.43 Å². The van der Waals surface area contributed by atoms with Crippen molar-refractivity contribution >= 4 is 17.2 Å². The van der Waals surface area contributed by atoms with E-state index in [1.165, 1.54) is 12.1 Å². The highest BCUT2D eigenvalue weighted by atomic mass is 19.1. The highest BCUT2D eigenvalue weighted by Crippen LogP contribution is 2.33. The quantitative estimate of drug-likeness (QED) is 0.625. The summed E-state index contributed by atoms with van der Waals surface area (Å²) >= 11 is 0. The molecule has 0 spiro atoms. The molecule has 0 saturated heterocycles. The molecule has 4 rings (SSSR count). The highest BCUT2D eigenvalue weighted by molar-refractivity contribution is 6.18. The largest absolute Gasteiger partial charge is 0.493 e. The molecule has 0 fully saturated rings. The molecule has 0 bridgehead atoms. The Bertz CT molecular complexity index is 1220. The summed E-state index contributed by atoms with van der Waals surface area (Å²) in [6.45, 7) is 0. The number of halogens is 1. The molecule has 164 valence electrons. The number of methoxy groups -OCH3 is 4. The number of hydrogen-bond acceptors (Lipinski definition) is 7. The van der Waals surface area contributed by atoms with E-state index in [2.05, 4.69) is 10.5 Å². The summed E-state index contributed by atoms with van der Waals surface area (Å²) in [4.78, 5) is 4.71. The zero-order chi connectivity index (χ0) is 22.7. The minimum absolute atomic E-state index is 0.387. The lowest BCUT2D eigenvalue weighted by atomic mass is 10.00.